The van der Waals surface area contributed by atoms with Gasteiger partial charge >= 0.3 is 0 Å². The Kier molecular flexibility index (Phi) is 8.95. The van der Waals surface area contributed by atoms with Crippen LogP contribution in [0.5, 0.6) is 0 Å². The van der Waals surface area contributed by atoms with E-state index in [0.717, 1.165) is 0 Å². The highest BCUT2D eigenvalue weighted by Gasteiger charge is 2.16. The maximum absolute atomic E-state index is 12.1. The fourth-order valence-corrected chi connectivity index (χ4v) is 1.66. The van der Waals surface area contributed by atoms with Crippen molar-refractivity contribution in [3.05, 3.63) is 0 Å². The minimum atomic E-state index is 0.0777. The maximum atomic E-state index is 12.1. The first kappa shape index (κ1) is 17.7. The summed E-state index contributed by atoms with van der Waals surface area (Å²) in [6.45, 7) is 7.22. The van der Waals surface area contributed by atoms with Gasteiger partial charge in [-0.15, -0.1) is 0 Å². The average Bonchev–Trinajstić information content (AvgIpc) is 2.39. The van der Waals surface area contributed by atoms with Crippen LogP contribution >= 0.6 is 0 Å². The van der Waals surface area contributed by atoms with Crippen molar-refractivity contribution in [1.29, 1.82) is 0 Å². The van der Waals surface area contributed by atoms with Crippen LogP contribution in [0.2, 0.25) is 0 Å². The summed E-state index contributed by atoms with van der Waals surface area (Å²) in [7, 11) is 1.64. The molecule has 0 radical (unpaired) electrons. The smallest absolute Gasteiger partial charge is 0.222 e. The molecule has 1 amide bonds. The molecule has 19 heavy (non-hydrogen) atoms. The number of nitrogens with two attached hydrogens (primary N) is 1. The van der Waals surface area contributed by atoms with Crippen molar-refractivity contribution in [2.45, 2.75) is 46.1 Å². The molecule has 0 saturated heterocycles. The predicted octanol–water partition coefficient (Wildman–Crippen LogP) is 1.42. The van der Waals surface area contributed by atoms with Gasteiger partial charge in [-0.3, -0.25) is 4.79 Å². The van der Waals surface area contributed by atoms with Crippen molar-refractivity contribution >= 4 is 11.7 Å². The summed E-state index contributed by atoms with van der Waals surface area (Å²) in [6, 6.07) is 0. The molecule has 0 bridgehead atoms. The highest BCUT2D eigenvalue weighted by molar-refractivity contribution is 5.81. The summed E-state index contributed by atoms with van der Waals surface area (Å²) < 4.78 is 5.13. The molecule has 0 rings (SSSR count). The van der Waals surface area contributed by atoms with Crippen LogP contribution < -0.4 is 5.73 Å². The number of nitrogens with zero attached hydrogens (tertiary/aromatic N) is 2. The zero-order chi connectivity index (χ0) is 14.8. The fraction of sp³-hybridized carbons (Fsp3) is 0.846. The van der Waals surface area contributed by atoms with Crippen molar-refractivity contribution in [2.75, 3.05) is 20.2 Å². The number of carbonyl (C=O) groups excluding carboxylic acids is 1. The van der Waals surface area contributed by atoms with Crippen LogP contribution in [0.25, 0.3) is 0 Å². The van der Waals surface area contributed by atoms with Gasteiger partial charge in [-0.2, -0.15) is 0 Å². The van der Waals surface area contributed by atoms with Gasteiger partial charge in [0.15, 0.2) is 0 Å². The van der Waals surface area contributed by atoms with Gasteiger partial charge in [-0.05, 0) is 19.3 Å². The molecule has 6 heteroatoms. The van der Waals surface area contributed by atoms with E-state index in [2.05, 4.69) is 19.0 Å². The van der Waals surface area contributed by atoms with E-state index in [-0.39, 0.29) is 17.8 Å². The van der Waals surface area contributed by atoms with Crippen LogP contribution in [0.1, 0.15) is 40.0 Å². The monoisotopic (exact) mass is 273 g/mol. The Hall–Kier alpha value is -1.30. The minimum absolute atomic E-state index is 0.0777. The SMILES string of the molecule is COC(C)CCC(=O)N(CCC(N)=NO)CC(C)C. The molecule has 0 saturated carbocycles. The molecule has 3 N–H and O–H groups in total. The molecule has 0 aliphatic carbocycles. The van der Waals surface area contributed by atoms with Crippen LogP contribution in [0.4, 0.5) is 0 Å². The van der Waals surface area contributed by atoms with E-state index < -0.39 is 0 Å². The third-order valence-corrected chi connectivity index (χ3v) is 2.87. The molecule has 1 unspecified atom stereocenters. The Morgan fingerprint density at radius 3 is 2.47 bits per heavy atom. The highest BCUT2D eigenvalue weighted by atomic mass is 16.5. The van der Waals surface area contributed by atoms with Gasteiger partial charge in [-0.25, -0.2) is 0 Å². The standard InChI is InChI=1S/C13H27N3O3/c1-10(2)9-16(8-7-12(14)15-18)13(17)6-5-11(3)19-4/h10-11,18H,5-9H2,1-4H3,(H2,14,15). The number of carbonyl (C=O) groups is 1. The Labute approximate surface area is 115 Å². The van der Waals surface area contributed by atoms with Gasteiger partial charge in [0.05, 0.1) is 6.10 Å². The highest BCUT2D eigenvalue weighted by Crippen LogP contribution is 2.07. The van der Waals surface area contributed by atoms with Crippen LogP contribution in [0.3, 0.4) is 0 Å². The summed E-state index contributed by atoms with van der Waals surface area (Å²) in [4.78, 5) is 13.9. The number of oxime groups is 1. The van der Waals surface area contributed by atoms with Gasteiger partial charge in [0.1, 0.15) is 5.84 Å². The molecule has 112 valence electrons. The van der Waals surface area contributed by atoms with Crippen LogP contribution in [-0.2, 0) is 9.53 Å². The van der Waals surface area contributed by atoms with Crippen LogP contribution in [0.15, 0.2) is 5.16 Å². The second kappa shape index (κ2) is 9.61. The van der Waals surface area contributed by atoms with Crippen LogP contribution in [-0.4, -0.2) is 48.2 Å². The molecule has 0 spiro atoms. The van der Waals surface area contributed by atoms with E-state index in [1.54, 1.807) is 12.0 Å². The van der Waals surface area contributed by atoms with Crippen molar-refractivity contribution < 1.29 is 14.7 Å². The molecule has 1 atom stereocenters. The molecule has 0 aromatic carbocycles. The van der Waals surface area contributed by atoms with E-state index in [1.807, 2.05) is 6.92 Å². The number of ether oxygens (including phenoxy) is 1. The zero-order valence-electron chi connectivity index (χ0n) is 12.4. The van der Waals surface area contributed by atoms with Gasteiger partial charge in [-0.1, -0.05) is 19.0 Å². The van der Waals surface area contributed by atoms with Crippen LogP contribution in [0, 0.1) is 5.92 Å². The largest absolute Gasteiger partial charge is 0.409 e. The second-order valence-electron chi connectivity index (χ2n) is 5.16. The van der Waals surface area contributed by atoms with E-state index in [9.17, 15) is 4.79 Å². The van der Waals surface area contributed by atoms with Gasteiger partial charge < -0.3 is 20.6 Å². The summed E-state index contributed by atoms with van der Waals surface area (Å²) in [5.41, 5.74) is 5.44. The molecular formula is C13H27N3O3. The minimum Gasteiger partial charge on any atom is -0.409 e. The third kappa shape index (κ3) is 8.42. The third-order valence-electron chi connectivity index (χ3n) is 2.87. The quantitative estimate of drug-likeness (QED) is 0.288. The molecule has 0 aliphatic heterocycles. The maximum Gasteiger partial charge on any atom is 0.222 e. The summed E-state index contributed by atoms with van der Waals surface area (Å²) in [5.74, 6) is 0.617. The summed E-state index contributed by atoms with van der Waals surface area (Å²) >= 11 is 0. The number of rotatable bonds is 9. The van der Waals surface area contributed by atoms with E-state index >= 15 is 0 Å². The molecule has 6 nitrogen and oxygen atoms in total. The zero-order valence-corrected chi connectivity index (χ0v) is 12.4. The van der Waals surface area contributed by atoms with Gasteiger partial charge in [0.25, 0.3) is 0 Å². The lowest BCUT2D eigenvalue weighted by Crippen LogP contribution is -2.37. The first-order valence-electron chi connectivity index (χ1n) is 6.67. The lowest BCUT2D eigenvalue weighted by molar-refractivity contribution is -0.132. The summed E-state index contributed by atoms with van der Waals surface area (Å²) in [5, 5.41) is 11.4. The Bertz CT molecular complexity index is 293. The topological polar surface area (TPSA) is 88.2 Å². The first-order valence-corrected chi connectivity index (χ1v) is 6.67. The Morgan fingerprint density at radius 2 is 2.00 bits per heavy atom. The lowest BCUT2D eigenvalue weighted by Gasteiger charge is -2.25. The Morgan fingerprint density at radius 1 is 1.37 bits per heavy atom. The normalized spacial score (nSPS) is 13.6. The number of methoxy groups -OCH3 is 1. The molecule has 0 heterocycles. The molecule has 0 fully saturated rings. The average molecular weight is 273 g/mol. The fourth-order valence-electron chi connectivity index (χ4n) is 1.66. The van der Waals surface area contributed by atoms with Crippen molar-refractivity contribution in [3.63, 3.8) is 0 Å². The molecule has 0 aromatic rings. The summed E-state index contributed by atoms with van der Waals surface area (Å²) in [6.07, 6.45) is 1.62. The van der Waals surface area contributed by atoms with Crippen molar-refractivity contribution in [2.24, 2.45) is 16.8 Å². The molecule has 0 aromatic heterocycles. The first-order chi connectivity index (χ1) is 8.90. The lowest BCUT2D eigenvalue weighted by atomic mass is 10.1. The van der Waals surface area contributed by atoms with E-state index in [1.165, 1.54) is 0 Å². The Balaban J connectivity index is 4.34. The van der Waals surface area contributed by atoms with Crippen molar-refractivity contribution in [1.82, 2.24) is 4.90 Å². The van der Waals surface area contributed by atoms with Gasteiger partial charge in [0.2, 0.25) is 5.91 Å². The number of hydrogen-bond donors (Lipinski definition) is 2. The second-order valence-corrected chi connectivity index (χ2v) is 5.16. The number of amides is 1. The predicted molar refractivity (Wildman–Crippen MR) is 75.1 cm³/mol. The molecule has 0 aliphatic rings. The van der Waals surface area contributed by atoms with Crippen molar-refractivity contribution in [3.8, 4) is 0 Å². The molecular weight excluding hydrogens is 246 g/mol. The van der Waals surface area contributed by atoms with Gasteiger partial charge in [0, 0.05) is 33.0 Å². The van der Waals surface area contributed by atoms with E-state index in [0.29, 0.717) is 38.3 Å². The van der Waals surface area contributed by atoms with E-state index in [4.69, 9.17) is 15.7 Å². The number of hydrogen-bond acceptors (Lipinski definition) is 4. The number of amidine groups is 1.